The van der Waals surface area contributed by atoms with Crippen LogP contribution in [0, 0.1) is 0 Å². The average molecular weight is 819 g/mol. The van der Waals surface area contributed by atoms with Crippen molar-refractivity contribution in [3.05, 3.63) is 80.4 Å². The van der Waals surface area contributed by atoms with E-state index in [4.69, 9.17) is 16.3 Å². The van der Waals surface area contributed by atoms with E-state index in [9.17, 15) is 41.4 Å². The van der Waals surface area contributed by atoms with Crippen LogP contribution in [0.4, 0.5) is 39.1 Å². The minimum absolute atomic E-state index is 0.0402. The second-order valence-corrected chi connectivity index (χ2v) is 13.9. The molecule has 2 N–H and O–H groups in total. The van der Waals surface area contributed by atoms with Gasteiger partial charge in [0.1, 0.15) is 18.6 Å². The number of nitrogens with one attached hydrogen (secondary N) is 1. The lowest BCUT2D eigenvalue weighted by Gasteiger charge is -2.37. The van der Waals surface area contributed by atoms with E-state index in [0.29, 0.717) is 31.4 Å². The maximum absolute atomic E-state index is 14.3. The average Bonchev–Trinajstić information content (AvgIpc) is 3.66. The summed E-state index contributed by atoms with van der Waals surface area (Å²) in [4.78, 5) is 59.2. The SMILES string of the molecule is CCc1c(N2CCN(C(=O)c3ncnc(N4CCC(=C(F)F)CC4)c3O)CC2)c(=O)n2nc(C3=CCOCC3)nc2n1CC(=O)Nc1ccc(C(F)(F)F)cc1Cl. The Morgan fingerprint density at radius 1 is 1.02 bits per heavy atom. The van der Waals surface area contributed by atoms with Crippen molar-refractivity contribution in [2.24, 2.45) is 0 Å². The van der Waals surface area contributed by atoms with Gasteiger partial charge in [-0.1, -0.05) is 24.6 Å². The van der Waals surface area contributed by atoms with Crippen LogP contribution < -0.4 is 20.7 Å². The first kappa shape index (κ1) is 39.6. The van der Waals surface area contributed by atoms with E-state index in [2.05, 4.69) is 25.4 Å². The molecule has 0 saturated carbocycles. The van der Waals surface area contributed by atoms with Gasteiger partial charge in [0.15, 0.2) is 23.1 Å². The van der Waals surface area contributed by atoms with Crippen LogP contribution in [0.2, 0.25) is 5.02 Å². The van der Waals surface area contributed by atoms with E-state index in [1.165, 1.54) is 9.47 Å². The van der Waals surface area contributed by atoms with E-state index < -0.39 is 47.5 Å². The first-order chi connectivity index (χ1) is 27.2. The standard InChI is InChI=1S/C36H36ClF5N10O5/c1-2-25-28(48-11-13-50(14-12-48)33(55)27-29(54)32(44-19-43-27)49-9-5-20(6-10-49)30(38)39)34(56)52-35(46-31(47-52)21-7-15-57-16-8-21)51(25)18-26(53)45-24-4-3-22(17-23(24)37)36(40,41)42/h3-4,7,17,19,54H,2,5-6,8-16,18H2,1H3,(H,45,53). The molecule has 57 heavy (non-hydrogen) atoms. The smallest absolute Gasteiger partial charge is 0.416 e. The minimum Gasteiger partial charge on any atom is -0.503 e. The van der Waals surface area contributed by atoms with Crippen LogP contribution in [0.25, 0.3) is 11.4 Å². The molecule has 0 unspecified atom stereocenters. The molecule has 0 radical (unpaired) electrons. The molecular formula is C36H36ClF5N10O5. The third-order valence-corrected chi connectivity index (χ3v) is 10.4. The molecule has 302 valence electrons. The number of nitrogens with zero attached hydrogens (tertiary/aromatic N) is 9. The number of amides is 2. The van der Waals surface area contributed by atoms with Crippen LogP contribution in [0.15, 0.2) is 47.1 Å². The van der Waals surface area contributed by atoms with E-state index in [1.807, 2.05) is 0 Å². The minimum atomic E-state index is -4.64. The Kier molecular flexibility index (Phi) is 11.2. The Morgan fingerprint density at radius 2 is 1.75 bits per heavy atom. The van der Waals surface area contributed by atoms with Gasteiger partial charge < -0.3 is 34.4 Å². The van der Waals surface area contributed by atoms with Gasteiger partial charge >= 0.3 is 6.18 Å². The Hall–Kier alpha value is -5.63. The number of benzene rings is 1. The van der Waals surface area contributed by atoms with Gasteiger partial charge in [-0.2, -0.15) is 31.5 Å². The molecule has 7 rings (SSSR count). The molecule has 1 aromatic carbocycles. The Balaban J connectivity index is 1.16. The largest absolute Gasteiger partial charge is 0.503 e. The summed E-state index contributed by atoms with van der Waals surface area (Å²) in [5.74, 6) is -1.30. The zero-order chi connectivity index (χ0) is 40.6. The van der Waals surface area contributed by atoms with Gasteiger partial charge in [-0.3, -0.25) is 14.4 Å². The van der Waals surface area contributed by atoms with Gasteiger partial charge in [0.05, 0.1) is 35.2 Å². The summed E-state index contributed by atoms with van der Waals surface area (Å²) in [5, 5.41) is 17.8. The van der Waals surface area contributed by atoms with Crippen LogP contribution in [-0.4, -0.2) is 103 Å². The molecule has 3 aliphatic rings. The maximum Gasteiger partial charge on any atom is 0.416 e. The number of hydrogen-bond acceptors (Lipinski definition) is 11. The highest BCUT2D eigenvalue weighted by Crippen LogP contribution is 2.35. The molecular weight excluding hydrogens is 783 g/mol. The van der Waals surface area contributed by atoms with Crippen molar-refractivity contribution in [3.8, 4) is 5.75 Å². The third kappa shape index (κ3) is 8.00. The number of piperazine rings is 1. The lowest BCUT2D eigenvalue weighted by atomic mass is 10.1. The summed E-state index contributed by atoms with van der Waals surface area (Å²) in [6, 6.07) is 2.58. The number of aromatic hydroxyl groups is 1. The van der Waals surface area contributed by atoms with Gasteiger partial charge in [-0.15, -0.1) is 5.10 Å². The predicted octanol–water partition coefficient (Wildman–Crippen LogP) is 4.78. The van der Waals surface area contributed by atoms with Crippen molar-refractivity contribution in [2.75, 3.05) is 67.6 Å². The molecule has 0 bridgehead atoms. The number of fused-ring (bicyclic) bond motifs is 1. The fraction of sp³-hybridized carbons (Fsp3) is 0.417. The van der Waals surface area contributed by atoms with Gasteiger partial charge in [0, 0.05) is 39.3 Å². The maximum atomic E-state index is 14.3. The van der Waals surface area contributed by atoms with Crippen molar-refractivity contribution >= 4 is 52.0 Å². The molecule has 0 aliphatic carbocycles. The van der Waals surface area contributed by atoms with Crippen LogP contribution in [-0.2, 0) is 28.7 Å². The summed E-state index contributed by atoms with van der Waals surface area (Å²) in [5.41, 5.74) is -0.365. The second kappa shape index (κ2) is 16.1. The molecule has 3 aromatic heterocycles. The first-order valence-electron chi connectivity index (χ1n) is 18.1. The summed E-state index contributed by atoms with van der Waals surface area (Å²) < 4.78 is 74.0. The number of hydrogen-bond donors (Lipinski definition) is 2. The van der Waals surface area contributed by atoms with Gasteiger partial charge in [0.25, 0.3) is 17.5 Å². The lowest BCUT2D eigenvalue weighted by molar-refractivity contribution is -0.137. The molecule has 15 nitrogen and oxygen atoms in total. The molecule has 21 heteroatoms. The second-order valence-electron chi connectivity index (χ2n) is 13.5. The summed E-state index contributed by atoms with van der Waals surface area (Å²) >= 11 is 6.12. The zero-order valence-electron chi connectivity index (χ0n) is 30.5. The highest BCUT2D eigenvalue weighted by Gasteiger charge is 2.33. The number of anilines is 3. The van der Waals surface area contributed by atoms with Crippen molar-refractivity contribution in [3.63, 3.8) is 0 Å². The molecule has 0 atom stereocenters. The van der Waals surface area contributed by atoms with Crippen molar-refractivity contribution in [1.82, 2.24) is 34.0 Å². The summed E-state index contributed by atoms with van der Waals surface area (Å²) in [7, 11) is 0. The number of alkyl halides is 3. The number of aromatic nitrogens is 6. The van der Waals surface area contributed by atoms with Crippen molar-refractivity contribution in [2.45, 2.75) is 45.3 Å². The van der Waals surface area contributed by atoms with Gasteiger partial charge in [-0.05, 0) is 55.0 Å². The highest BCUT2D eigenvalue weighted by atomic mass is 35.5. The van der Waals surface area contributed by atoms with Gasteiger partial charge in [0.2, 0.25) is 11.7 Å². The van der Waals surface area contributed by atoms with Crippen LogP contribution in [0.5, 0.6) is 5.75 Å². The Morgan fingerprint density at radius 3 is 2.39 bits per heavy atom. The van der Waals surface area contributed by atoms with Crippen molar-refractivity contribution < 1.29 is 41.4 Å². The normalized spacial score (nSPS) is 16.6. The van der Waals surface area contributed by atoms with Crippen LogP contribution in [0.1, 0.15) is 53.8 Å². The number of piperidine rings is 1. The molecule has 6 heterocycles. The topological polar surface area (TPSA) is 163 Å². The summed E-state index contributed by atoms with van der Waals surface area (Å²) in [6.45, 7) is 3.00. The molecule has 2 fully saturated rings. The number of carbonyl (C=O) groups excluding carboxylic acids is 2. The monoisotopic (exact) mass is 818 g/mol. The number of halogens is 6. The molecule has 3 aliphatic heterocycles. The van der Waals surface area contributed by atoms with Crippen LogP contribution in [0.3, 0.4) is 0 Å². The van der Waals surface area contributed by atoms with E-state index >= 15 is 0 Å². The number of rotatable bonds is 8. The number of ether oxygens (including phenoxy) is 1. The Labute approximate surface area is 326 Å². The first-order valence-corrected chi connectivity index (χ1v) is 18.4. The third-order valence-electron chi connectivity index (χ3n) is 10.1. The predicted molar refractivity (Wildman–Crippen MR) is 198 cm³/mol. The zero-order valence-corrected chi connectivity index (χ0v) is 31.2. The number of carbonyl (C=O) groups is 2. The van der Waals surface area contributed by atoms with E-state index in [0.717, 1.165) is 28.5 Å². The molecule has 4 aromatic rings. The Bertz CT molecular complexity index is 2340. The fourth-order valence-electron chi connectivity index (χ4n) is 7.14. The lowest BCUT2D eigenvalue weighted by Crippen LogP contribution is -2.51. The summed E-state index contributed by atoms with van der Waals surface area (Å²) in [6.07, 6.45) is -2.50. The molecule has 2 saturated heterocycles. The molecule has 2 amide bonds. The fourth-order valence-corrected chi connectivity index (χ4v) is 7.37. The molecule has 0 spiro atoms. The van der Waals surface area contributed by atoms with E-state index in [-0.39, 0.29) is 104 Å². The highest BCUT2D eigenvalue weighted by molar-refractivity contribution is 6.33. The quantitative estimate of drug-likeness (QED) is 0.236. The van der Waals surface area contributed by atoms with Gasteiger partial charge in [-0.25, -0.2) is 9.97 Å². The van der Waals surface area contributed by atoms with E-state index in [1.54, 1.807) is 22.8 Å². The van der Waals surface area contributed by atoms with Crippen LogP contribution >= 0.6 is 11.6 Å². The van der Waals surface area contributed by atoms with Crippen molar-refractivity contribution in [1.29, 1.82) is 0 Å².